The van der Waals surface area contributed by atoms with E-state index in [0.717, 1.165) is 24.9 Å². The van der Waals surface area contributed by atoms with E-state index in [4.69, 9.17) is 12.2 Å². The molecule has 0 aromatic heterocycles. The Hall–Kier alpha value is -2.20. The second-order valence-corrected chi connectivity index (χ2v) is 6.29. The van der Waals surface area contributed by atoms with Gasteiger partial charge in [-0.1, -0.05) is 36.4 Å². The van der Waals surface area contributed by atoms with E-state index in [9.17, 15) is 4.79 Å². The SMILES string of the molecule is CC(=O)c1cccc(NC(=S)NC2CCCc3ccccc32)c1. The van der Waals surface area contributed by atoms with E-state index in [2.05, 4.69) is 34.9 Å². The maximum absolute atomic E-state index is 11.5. The van der Waals surface area contributed by atoms with Gasteiger partial charge in [-0.2, -0.15) is 0 Å². The molecule has 23 heavy (non-hydrogen) atoms. The summed E-state index contributed by atoms with van der Waals surface area (Å²) >= 11 is 5.45. The first-order valence-corrected chi connectivity index (χ1v) is 8.30. The molecular weight excluding hydrogens is 304 g/mol. The minimum atomic E-state index is 0.0498. The van der Waals surface area contributed by atoms with Crippen molar-refractivity contribution < 1.29 is 4.79 Å². The number of Topliss-reactive ketones (excluding diaryl/α,β-unsaturated/α-hetero) is 1. The van der Waals surface area contributed by atoms with Gasteiger partial charge in [0.2, 0.25) is 0 Å². The first-order chi connectivity index (χ1) is 11.1. The van der Waals surface area contributed by atoms with Crippen LogP contribution in [-0.4, -0.2) is 10.9 Å². The fourth-order valence-electron chi connectivity index (χ4n) is 3.05. The van der Waals surface area contributed by atoms with E-state index in [-0.39, 0.29) is 11.8 Å². The first kappa shape index (κ1) is 15.7. The van der Waals surface area contributed by atoms with Crippen molar-refractivity contribution in [2.75, 3.05) is 5.32 Å². The molecule has 1 unspecified atom stereocenters. The van der Waals surface area contributed by atoms with Crippen LogP contribution in [0.2, 0.25) is 0 Å². The molecule has 0 heterocycles. The molecule has 2 N–H and O–H groups in total. The molecule has 4 heteroatoms. The number of thiocarbonyl (C=S) groups is 1. The van der Waals surface area contributed by atoms with Crippen molar-refractivity contribution >= 4 is 28.8 Å². The van der Waals surface area contributed by atoms with E-state index in [1.165, 1.54) is 11.1 Å². The largest absolute Gasteiger partial charge is 0.356 e. The van der Waals surface area contributed by atoms with Gasteiger partial charge < -0.3 is 10.6 Å². The Bertz CT molecular complexity index is 742. The normalized spacial score (nSPS) is 16.3. The molecule has 0 radical (unpaired) electrons. The van der Waals surface area contributed by atoms with Gasteiger partial charge in [0.25, 0.3) is 0 Å². The molecule has 118 valence electrons. The maximum Gasteiger partial charge on any atom is 0.171 e. The lowest BCUT2D eigenvalue weighted by atomic mass is 9.88. The van der Waals surface area contributed by atoms with Crippen LogP contribution in [0.15, 0.2) is 48.5 Å². The van der Waals surface area contributed by atoms with E-state index in [0.29, 0.717) is 10.7 Å². The number of carbonyl (C=O) groups is 1. The number of ketones is 1. The van der Waals surface area contributed by atoms with E-state index < -0.39 is 0 Å². The summed E-state index contributed by atoms with van der Waals surface area (Å²) in [7, 11) is 0. The Morgan fingerprint density at radius 2 is 2.00 bits per heavy atom. The Labute approximate surface area is 142 Å². The number of hydrogen-bond acceptors (Lipinski definition) is 2. The van der Waals surface area contributed by atoms with Crippen LogP contribution in [0.4, 0.5) is 5.69 Å². The highest BCUT2D eigenvalue weighted by molar-refractivity contribution is 7.80. The molecule has 1 atom stereocenters. The minimum absolute atomic E-state index is 0.0498. The van der Waals surface area contributed by atoms with Gasteiger partial charge in [-0.05, 0) is 61.7 Å². The number of hydrogen-bond donors (Lipinski definition) is 2. The molecule has 0 bridgehead atoms. The molecule has 1 aliphatic carbocycles. The summed E-state index contributed by atoms with van der Waals surface area (Å²) in [6.45, 7) is 1.56. The lowest BCUT2D eigenvalue weighted by Gasteiger charge is -2.27. The highest BCUT2D eigenvalue weighted by Crippen LogP contribution is 2.29. The number of rotatable bonds is 3. The second kappa shape index (κ2) is 6.92. The van der Waals surface area contributed by atoms with Crippen LogP contribution < -0.4 is 10.6 Å². The second-order valence-electron chi connectivity index (χ2n) is 5.88. The molecule has 0 saturated heterocycles. The molecule has 2 aromatic rings. The lowest BCUT2D eigenvalue weighted by molar-refractivity contribution is 0.101. The predicted octanol–water partition coefficient (Wildman–Crippen LogP) is 4.25. The molecule has 0 aliphatic heterocycles. The van der Waals surface area contributed by atoms with Crippen molar-refractivity contribution in [3.63, 3.8) is 0 Å². The average Bonchev–Trinajstić information content (AvgIpc) is 2.55. The summed E-state index contributed by atoms with van der Waals surface area (Å²) in [4.78, 5) is 11.5. The minimum Gasteiger partial charge on any atom is -0.356 e. The van der Waals surface area contributed by atoms with Crippen molar-refractivity contribution in [2.24, 2.45) is 0 Å². The van der Waals surface area contributed by atoms with Gasteiger partial charge in [0.05, 0.1) is 6.04 Å². The predicted molar refractivity (Wildman–Crippen MR) is 97.9 cm³/mol. The Morgan fingerprint density at radius 3 is 2.83 bits per heavy atom. The Balaban J connectivity index is 1.69. The molecule has 0 spiro atoms. The third-order valence-electron chi connectivity index (χ3n) is 4.20. The summed E-state index contributed by atoms with van der Waals surface area (Å²) in [6, 6.07) is 16.2. The van der Waals surface area contributed by atoms with Gasteiger partial charge in [0.1, 0.15) is 0 Å². The van der Waals surface area contributed by atoms with Crippen LogP contribution in [0, 0.1) is 0 Å². The molecule has 3 nitrogen and oxygen atoms in total. The number of anilines is 1. The fraction of sp³-hybridized carbons (Fsp3) is 0.263. The molecule has 0 amide bonds. The molecular formula is C19H20N2OS. The highest BCUT2D eigenvalue weighted by Gasteiger charge is 2.20. The highest BCUT2D eigenvalue weighted by atomic mass is 32.1. The van der Waals surface area contributed by atoms with Crippen LogP contribution in [0.5, 0.6) is 0 Å². The number of nitrogens with one attached hydrogen (secondary N) is 2. The van der Waals surface area contributed by atoms with Crippen LogP contribution in [0.1, 0.15) is 47.3 Å². The number of fused-ring (bicyclic) bond motifs is 1. The quantitative estimate of drug-likeness (QED) is 0.654. The summed E-state index contributed by atoms with van der Waals surface area (Å²) < 4.78 is 0. The van der Waals surface area contributed by atoms with Crippen molar-refractivity contribution in [1.82, 2.24) is 5.32 Å². The Kier molecular flexibility index (Phi) is 4.72. The lowest BCUT2D eigenvalue weighted by Crippen LogP contribution is -2.34. The number of carbonyl (C=O) groups excluding carboxylic acids is 1. The van der Waals surface area contributed by atoms with Gasteiger partial charge in [-0.15, -0.1) is 0 Å². The standard InChI is InChI=1S/C19H20N2OS/c1-13(22)15-8-4-9-16(12-15)20-19(23)21-18-11-5-7-14-6-2-3-10-17(14)18/h2-4,6,8-10,12,18H,5,7,11H2,1H3,(H2,20,21,23). The Morgan fingerprint density at radius 1 is 1.17 bits per heavy atom. The summed E-state index contributed by atoms with van der Waals surface area (Å²) in [6.07, 6.45) is 3.37. The number of benzene rings is 2. The zero-order valence-corrected chi connectivity index (χ0v) is 14.0. The van der Waals surface area contributed by atoms with Crippen molar-refractivity contribution in [1.29, 1.82) is 0 Å². The van der Waals surface area contributed by atoms with Crippen molar-refractivity contribution in [3.8, 4) is 0 Å². The monoisotopic (exact) mass is 324 g/mol. The molecule has 1 aliphatic rings. The smallest absolute Gasteiger partial charge is 0.171 e. The van der Waals surface area contributed by atoms with Crippen molar-refractivity contribution in [2.45, 2.75) is 32.2 Å². The van der Waals surface area contributed by atoms with Gasteiger partial charge in [-0.25, -0.2) is 0 Å². The summed E-state index contributed by atoms with van der Waals surface area (Å²) in [5.74, 6) is 0.0498. The molecule has 0 saturated carbocycles. The first-order valence-electron chi connectivity index (χ1n) is 7.90. The van der Waals surface area contributed by atoms with Crippen LogP contribution >= 0.6 is 12.2 Å². The van der Waals surface area contributed by atoms with Crippen LogP contribution in [-0.2, 0) is 6.42 Å². The third kappa shape index (κ3) is 3.77. The van der Waals surface area contributed by atoms with Gasteiger partial charge in [0, 0.05) is 11.3 Å². The van der Waals surface area contributed by atoms with Crippen molar-refractivity contribution in [3.05, 3.63) is 65.2 Å². The molecule has 3 rings (SSSR count). The zero-order valence-electron chi connectivity index (χ0n) is 13.1. The summed E-state index contributed by atoms with van der Waals surface area (Å²) in [5, 5.41) is 7.18. The third-order valence-corrected chi connectivity index (χ3v) is 4.42. The topological polar surface area (TPSA) is 41.1 Å². The van der Waals surface area contributed by atoms with Gasteiger partial charge in [-0.3, -0.25) is 4.79 Å². The van der Waals surface area contributed by atoms with E-state index in [1.807, 2.05) is 18.2 Å². The fourth-order valence-corrected chi connectivity index (χ4v) is 3.31. The zero-order chi connectivity index (χ0) is 16.2. The molecule has 2 aromatic carbocycles. The van der Waals surface area contributed by atoms with E-state index >= 15 is 0 Å². The molecule has 0 fully saturated rings. The van der Waals surface area contributed by atoms with E-state index in [1.54, 1.807) is 13.0 Å². The summed E-state index contributed by atoms with van der Waals surface area (Å²) in [5.41, 5.74) is 4.25. The maximum atomic E-state index is 11.5. The van der Waals surface area contributed by atoms with Gasteiger partial charge in [0.15, 0.2) is 10.9 Å². The van der Waals surface area contributed by atoms with Gasteiger partial charge >= 0.3 is 0 Å². The average molecular weight is 324 g/mol. The number of aryl methyl sites for hydroxylation is 1. The van der Waals surface area contributed by atoms with Crippen LogP contribution in [0.25, 0.3) is 0 Å². The van der Waals surface area contributed by atoms with Crippen LogP contribution in [0.3, 0.4) is 0 Å².